The van der Waals surface area contributed by atoms with Gasteiger partial charge in [0.1, 0.15) is 11.6 Å². The largest absolute Gasteiger partial charge is 0.365 e. The molecule has 23 heavy (non-hydrogen) atoms. The van der Waals surface area contributed by atoms with Gasteiger partial charge in [0, 0.05) is 4.47 Å². The van der Waals surface area contributed by atoms with Crippen LogP contribution in [-0.2, 0) is 11.2 Å². The number of hydrogen-bond acceptors (Lipinski definition) is 2. The van der Waals surface area contributed by atoms with Gasteiger partial charge >= 0.3 is 0 Å². The van der Waals surface area contributed by atoms with Crippen LogP contribution in [0, 0.1) is 25.2 Å². The quantitative estimate of drug-likeness (QED) is 0.653. The fourth-order valence-electron chi connectivity index (χ4n) is 2.51. The van der Waals surface area contributed by atoms with Crippen LogP contribution in [0.4, 0.5) is 0 Å². The van der Waals surface area contributed by atoms with Crippen molar-refractivity contribution in [1.82, 2.24) is 0 Å². The number of halogens is 1. The Balaban J connectivity index is 2.30. The minimum Gasteiger partial charge on any atom is -0.365 e. The number of nitrogens with two attached hydrogens (primary N) is 1. The van der Waals surface area contributed by atoms with E-state index >= 15 is 0 Å². The molecule has 0 aliphatic carbocycles. The molecule has 0 fully saturated rings. The van der Waals surface area contributed by atoms with Crippen LogP contribution in [0.5, 0.6) is 0 Å². The normalized spacial score (nSPS) is 11.1. The molecule has 0 radical (unpaired) electrons. The van der Waals surface area contributed by atoms with Crippen LogP contribution in [0.2, 0.25) is 0 Å². The molecule has 0 bridgehead atoms. The zero-order chi connectivity index (χ0) is 17.0. The van der Waals surface area contributed by atoms with Gasteiger partial charge in [-0.15, -0.1) is 0 Å². The van der Waals surface area contributed by atoms with E-state index in [1.807, 2.05) is 24.3 Å². The highest BCUT2D eigenvalue weighted by Gasteiger charge is 2.06. The van der Waals surface area contributed by atoms with E-state index in [-0.39, 0.29) is 5.57 Å². The highest BCUT2D eigenvalue weighted by molar-refractivity contribution is 9.10. The molecule has 0 atom stereocenters. The average Bonchev–Trinajstić information content (AvgIpc) is 2.46. The van der Waals surface area contributed by atoms with Gasteiger partial charge in [-0.25, -0.2) is 0 Å². The minimum atomic E-state index is -0.720. The summed E-state index contributed by atoms with van der Waals surface area (Å²) in [6.45, 7) is 4.18. The van der Waals surface area contributed by atoms with Crippen LogP contribution in [0.3, 0.4) is 0 Å². The maximum atomic E-state index is 11.1. The summed E-state index contributed by atoms with van der Waals surface area (Å²) < 4.78 is 0.937. The van der Waals surface area contributed by atoms with Gasteiger partial charge in [-0.3, -0.25) is 4.79 Å². The molecule has 2 aromatic carbocycles. The van der Waals surface area contributed by atoms with Crippen molar-refractivity contribution in [3.8, 4) is 6.07 Å². The van der Waals surface area contributed by atoms with Gasteiger partial charge < -0.3 is 5.73 Å². The van der Waals surface area contributed by atoms with Crippen LogP contribution in [0.25, 0.3) is 6.08 Å². The van der Waals surface area contributed by atoms with E-state index in [1.54, 1.807) is 0 Å². The Morgan fingerprint density at radius 1 is 1.22 bits per heavy atom. The predicted molar refractivity (Wildman–Crippen MR) is 95.6 cm³/mol. The van der Waals surface area contributed by atoms with Crippen molar-refractivity contribution < 1.29 is 4.79 Å². The Morgan fingerprint density at radius 2 is 1.87 bits per heavy atom. The third kappa shape index (κ3) is 4.54. The maximum Gasteiger partial charge on any atom is 0.259 e. The molecule has 0 aliphatic heterocycles. The summed E-state index contributed by atoms with van der Waals surface area (Å²) in [7, 11) is 0. The molecule has 2 rings (SSSR count). The van der Waals surface area contributed by atoms with E-state index < -0.39 is 5.91 Å². The van der Waals surface area contributed by atoms with Crippen molar-refractivity contribution in [2.24, 2.45) is 5.73 Å². The van der Waals surface area contributed by atoms with Crippen LogP contribution in [0.15, 0.2) is 46.4 Å². The third-order valence-corrected chi connectivity index (χ3v) is 4.19. The Labute approximate surface area is 144 Å². The van der Waals surface area contributed by atoms with Gasteiger partial charge in [-0.2, -0.15) is 5.26 Å². The van der Waals surface area contributed by atoms with Crippen LogP contribution in [0.1, 0.15) is 27.8 Å². The fraction of sp³-hybridized carbons (Fsp3) is 0.158. The number of amides is 1. The van der Waals surface area contributed by atoms with Gasteiger partial charge in [0.25, 0.3) is 5.91 Å². The molecule has 0 aliphatic rings. The maximum absolute atomic E-state index is 11.1. The zero-order valence-corrected chi connectivity index (χ0v) is 14.6. The van der Waals surface area contributed by atoms with Gasteiger partial charge in [0.05, 0.1) is 0 Å². The molecule has 0 spiro atoms. The second kappa shape index (κ2) is 7.26. The summed E-state index contributed by atoms with van der Waals surface area (Å²) in [6.07, 6.45) is 2.31. The Hall–Kier alpha value is -2.38. The van der Waals surface area contributed by atoms with Crippen molar-refractivity contribution >= 4 is 27.9 Å². The highest BCUT2D eigenvalue weighted by Crippen LogP contribution is 2.23. The second-order valence-corrected chi connectivity index (χ2v) is 6.41. The number of carbonyl (C=O) groups is 1. The first-order valence-corrected chi connectivity index (χ1v) is 7.95. The summed E-state index contributed by atoms with van der Waals surface area (Å²) in [5, 5.41) is 8.90. The second-order valence-electron chi connectivity index (χ2n) is 5.56. The molecule has 0 saturated heterocycles. The van der Waals surface area contributed by atoms with Gasteiger partial charge in [-0.05, 0) is 49.1 Å². The van der Waals surface area contributed by atoms with Crippen molar-refractivity contribution in [2.45, 2.75) is 20.3 Å². The zero-order valence-electron chi connectivity index (χ0n) is 13.1. The number of primary amides is 1. The number of nitrogens with zero attached hydrogens (tertiary/aromatic N) is 1. The van der Waals surface area contributed by atoms with E-state index in [9.17, 15) is 4.79 Å². The number of aryl methyl sites for hydroxylation is 2. The average molecular weight is 369 g/mol. The van der Waals surface area contributed by atoms with Crippen LogP contribution < -0.4 is 5.73 Å². The topological polar surface area (TPSA) is 66.9 Å². The summed E-state index contributed by atoms with van der Waals surface area (Å²) in [5.74, 6) is -0.720. The SMILES string of the molecule is Cc1cc(C)cc(Cc2ccc(/C=C(\C#N)C(N)=O)cc2Br)c1. The number of benzene rings is 2. The smallest absolute Gasteiger partial charge is 0.259 e. The van der Waals surface area contributed by atoms with E-state index in [0.29, 0.717) is 0 Å². The van der Waals surface area contributed by atoms with Gasteiger partial charge in [0.15, 0.2) is 0 Å². The molecular weight excluding hydrogens is 352 g/mol. The summed E-state index contributed by atoms with van der Waals surface area (Å²) in [5.41, 5.74) is 10.7. The lowest BCUT2D eigenvalue weighted by Crippen LogP contribution is -2.12. The first-order valence-electron chi connectivity index (χ1n) is 7.16. The number of nitriles is 1. The fourth-order valence-corrected chi connectivity index (χ4v) is 3.05. The Morgan fingerprint density at radius 3 is 2.39 bits per heavy atom. The molecule has 3 nitrogen and oxygen atoms in total. The number of hydrogen-bond donors (Lipinski definition) is 1. The molecule has 0 aromatic heterocycles. The third-order valence-electron chi connectivity index (χ3n) is 3.45. The molecule has 0 unspecified atom stereocenters. The number of carbonyl (C=O) groups excluding carboxylic acids is 1. The van der Waals surface area contributed by atoms with Crippen LogP contribution in [-0.4, -0.2) is 5.91 Å². The van der Waals surface area contributed by atoms with Gasteiger partial charge in [0.2, 0.25) is 0 Å². The lowest BCUT2D eigenvalue weighted by atomic mass is 9.99. The molecule has 2 aromatic rings. The van der Waals surface area contributed by atoms with E-state index in [2.05, 4.69) is 48.0 Å². The Bertz CT molecular complexity index is 811. The lowest BCUT2D eigenvalue weighted by molar-refractivity contribution is -0.114. The standard InChI is InChI=1S/C19H17BrN2O/c1-12-5-13(2)7-15(6-12)9-16-4-3-14(10-18(16)20)8-17(11-21)19(22)23/h3-8,10H,9H2,1-2H3,(H2,22,23)/b17-8+. The molecule has 0 heterocycles. The Kier molecular flexibility index (Phi) is 5.36. The molecule has 2 N–H and O–H groups in total. The van der Waals surface area contributed by atoms with E-state index in [4.69, 9.17) is 11.0 Å². The van der Waals surface area contributed by atoms with Crippen molar-refractivity contribution in [3.05, 3.63) is 74.3 Å². The summed E-state index contributed by atoms with van der Waals surface area (Å²) >= 11 is 3.56. The molecule has 4 heteroatoms. The summed E-state index contributed by atoms with van der Waals surface area (Å²) in [4.78, 5) is 11.1. The van der Waals surface area contributed by atoms with E-state index in [1.165, 1.54) is 22.8 Å². The van der Waals surface area contributed by atoms with Crippen molar-refractivity contribution in [3.63, 3.8) is 0 Å². The highest BCUT2D eigenvalue weighted by atomic mass is 79.9. The van der Waals surface area contributed by atoms with Gasteiger partial charge in [-0.1, -0.05) is 57.4 Å². The van der Waals surface area contributed by atoms with Crippen molar-refractivity contribution in [2.75, 3.05) is 0 Å². The monoisotopic (exact) mass is 368 g/mol. The molecule has 116 valence electrons. The lowest BCUT2D eigenvalue weighted by Gasteiger charge is -2.08. The molecular formula is C19H17BrN2O. The first-order chi connectivity index (χ1) is 10.9. The van der Waals surface area contributed by atoms with Crippen LogP contribution >= 0.6 is 15.9 Å². The molecule has 1 amide bonds. The summed E-state index contributed by atoms with van der Waals surface area (Å²) in [6, 6.07) is 14.1. The van der Waals surface area contributed by atoms with E-state index in [0.717, 1.165) is 22.0 Å². The minimum absolute atomic E-state index is 0.0565. The molecule has 0 saturated carbocycles. The first kappa shape index (κ1) is 17.0. The number of rotatable bonds is 4. The van der Waals surface area contributed by atoms with Crippen molar-refractivity contribution in [1.29, 1.82) is 5.26 Å². The predicted octanol–water partition coefficient (Wildman–Crippen LogP) is 4.05.